The maximum atomic E-state index is 10.4. The summed E-state index contributed by atoms with van der Waals surface area (Å²) in [6, 6.07) is 10.3. The second-order valence-corrected chi connectivity index (χ2v) is 4.10. The number of allylic oxidation sites excluding steroid dienone is 1. The molecule has 0 unspecified atom stereocenters. The highest BCUT2D eigenvalue weighted by molar-refractivity contribution is 5.80. The van der Waals surface area contributed by atoms with Gasteiger partial charge in [0.2, 0.25) is 0 Å². The van der Waals surface area contributed by atoms with E-state index in [1.54, 1.807) is 0 Å². The minimum absolute atomic E-state index is 0.637. The molecular weight excluding hydrogens is 188 g/mol. The number of carboxylic acids is 1. The Bertz CT molecular complexity index is 371. The SMILES string of the molecule is O=C(O)C=C1CC(Cc2ccccc2)C1. The molecule has 2 nitrogen and oxygen atoms in total. The summed E-state index contributed by atoms with van der Waals surface area (Å²) in [5.41, 5.74) is 2.42. The van der Waals surface area contributed by atoms with Gasteiger partial charge in [0, 0.05) is 6.08 Å². The number of carboxylic acid groups (broad SMARTS) is 1. The predicted molar refractivity (Wildman–Crippen MR) is 58.6 cm³/mol. The fourth-order valence-electron chi connectivity index (χ4n) is 2.07. The lowest BCUT2D eigenvalue weighted by atomic mass is 9.76. The average molecular weight is 202 g/mol. The van der Waals surface area contributed by atoms with Gasteiger partial charge in [-0.1, -0.05) is 35.9 Å². The van der Waals surface area contributed by atoms with Crippen LogP contribution in [0, 0.1) is 5.92 Å². The van der Waals surface area contributed by atoms with E-state index in [0.29, 0.717) is 5.92 Å². The van der Waals surface area contributed by atoms with E-state index in [0.717, 1.165) is 24.8 Å². The zero-order valence-corrected chi connectivity index (χ0v) is 8.52. The van der Waals surface area contributed by atoms with Crippen LogP contribution in [0.25, 0.3) is 0 Å². The van der Waals surface area contributed by atoms with Crippen molar-refractivity contribution in [2.24, 2.45) is 5.92 Å². The number of hydrogen-bond acceptors (Lipinski definition) is 1. The maximum Gasteiger partial charge on any atom is 0.328 e. The highest BCUT2D eigenvalue weighted by Crippen LogP contribution is 2.35. The van der Waals surface area contributed by atoms with E-state index in [-0.39, 0.29) is 0 Å². The molecule has 0 saturated heterocycles. The molecule has 0 spiro atoms. The van der Waals surface area contributed by atoms with E-state index < -0.39 is 5.97 Å². The lowest BCUT2D eigenvalue weighted by Crippen LogP contribution is -2.18. The van der Waals surface area contributed by atoms with Crippen LogP contribution in [-0.4, -0.2) is 11.1 Å². The third-order valence-electron chi connectivity index (χ3n) is 2.80. The summed E-state index contributed by atoms with van der Waals surface area (Å²) in [4.78, 5) is 10.4. The molecule has 15 heavy (non-hydrogen) atoms. The van der Waals surface area contributed by atoms with Gasteiger partial charge in [-0.3, -0.25) is 0 Å². The molecule has 0 heterocycles. The van der Waals surface area contributed by atoms with Crippen molar-refractivity contribution in [3.63, 3.8) is 0 Å². The Morgan fingerprint density at radius 1 is 1.33 bits per heavy atom. The molecule has 0 amide bonds. The van der Waals surface area contributed by atoms with Gasteiger partial charge in [-0.25, -0.2) is 4.79 Å². The molecule has 0 radical (unpaired) electrons. The molecule has 0 aliphatic heterocycles. The molecule has 1 aromatic carbocycles. The van der Waals surface area contributed by atoms with Crippen molar-refractivity contribution in [3.05, 3.63) is 47.5 Å². The normalized spacial score (nSPS) is 19.5. The number of aliphatic carboxylic acids is 1. The molecule has 1 aliphatic rings. The number of hydrogen-bond donors (Lipinski definition) is 1. The molecule has 0 bridgehead atoms. The standard InChI is InChI=1S/C13H14O2/c14-13(15)9-12-7-11(8-12)6-10-4-2-1-3-5-10/h1-5,9,11H,6-8H2,(H,14,15). The summed E-state index contributed by atoms with van der Waals surface area (Å²) in [7, 11) is 0. The quantitative estimate of drug-likeness (QED) is 0.765. The summed E-state index contributed by atoms with van der Waals surface area (Å²) in [6.45, 7) is 0. The van der Waals surface area contributed by atoms with Gasteiger partial charge in [-0.05, 0) is 30.7 Å². The molecule has 0 atom stereocenters. The van der Waals surface area contributed by atoms with Crippen LogP contribution in [0.2, 0.25) is 0 Å². The second kappa shape index (κ2) is 4.30. The Morgan fingerprint density at radius 2 is 2.00 bits per heavy atom. The first-order valence-corrected chi connectivity index (χ1v) is 5.20. The maximum absolute atomic E-state index is 10.4. The Morgan fingerprint density at radius 3 is 2.60 bits per heavy atom. The van der Waals surface area contributed by atoms with Crippen LogP contribution in [-0.2, 0) is 11.2 Å². The minimum atomic E-state index is -0.817. The van der Waals surface area contributed by atoms with Crippen molar-refractivity contribution in [2.45, 2.75) is 19.3 Å². The summed E-state index contributed by atoms with van der Waals surface area (Å²) in [5.74, 6) is -0.179. The first-order valence-electron chi connectivity index (χ1n) is 5.20. The highest BCUT2D eigenvalue weighted by Gasteiger charge is 2.23. The topological polar surface area (TPSA) is 37.3 Å². The molecule has 1 aromatic rings. The fourth-order valence-corrected chi connectivity index (χ4v) is 2.07. The Hall–Kier alpha value is -1.57. The van der Waals surface area contributed by atoms with Crippen LogP contribution < -0.4 is 0 Å². The van der Waals surface area contributed by atoms with E-state index in [1.165, 1.54) is 11.6 Å². The van der Waals surface area contributed by atoms with E-state index >= 15 is 0 Å². The molecule has 1 fully saturated rings. The molecular formula is C13H14O2. The number of benzene rings is 1. The smallest absolute Gasteiger partial charge is 0.328 e. The number of rotatable bonds is 3. The molecule has 1 N–H and O–H groups in total. The Balaban J connectivity index is 1.84. The van der Waals surface area contributed by atoms with Crippen molar-refractivity contribution >= 4 is 5.97 Å². The predicted octanol–water partition coefficient (Wildman–Crippen LogP) is 2.65. The largest absolute Gasteiger partial charge is 0.478 e. The van der Waals surface area contributed by atoms with Crippen LogP contribution >= 0.6 is 0 Å². The molecule has 78 valence electrons. The molecule has 1 saturated carbocycles. The van der Waals surface area contributed by atoms with Gasteiger partial charge in [0.15, 0.2) is 0 Å². The number of carbonyl (C=O) groups is 1. The summed E-state index contributed by atoms with van der Waals surface area (Å²) < 4.78 is 0. The van der Waals surface area contributed by atoms with Gasteiger partial charge in [0.25, 0.3) is 0 Å². The molecule has 0 aromatic heterocycles. The molecule has 2 rings (SSSR count). The van der Waals surface area contributed by atoms with Crippen LogP contribution in [0.1, 0.15) is 18.4 Å². The van der Waals surface area contributed by atoms with E-state index in [2.05, 4.69) is 12.1 Å². The molecule has 2 heteroatoms. The van der Waals surface area contributed by atoms with Crippen LogP contribution in [0.3, 0.4) is 0 Å². The van der Waals surface area contributed by atoms with Gasteiger partial charge in [-0.2, -0.15) is 0 Å². The Kier molecular flexibility index (Phi) is 2.86. The summed E-state index contributed by atoms with van der Waals surface area (Å²) >= 11 is 0. The van der Waals surface area contributed by atoms with Crippen LogP contribution in [0.5, 0.6) is 0 Å². The van der Waals surface area contributed by atoms with E-state index in [1.807, 2.05) is 18.2 Å². The lowest BCUT2D eigenvalue weighted by molar-refractivity contribution is -0.131. The van der Waals surface area contributed by atoms with Crippen molar-refractivity contribution in [3.8, 4) is 0 Å². The van der Waals surface area contributed by atoms with Gasteiger partial charge < -0.3 is 5.11 Å². The van der Waals surface area contributed by atoms with Crippen molar-refractivity contribution in [1.82, 2.24) is 0 Å². The van der Waals surface area contributed by atoms with Crippen molar-refractivity contribution in [2.75, 3.05) is 0 Å². The van der Waals surface area contributed by atoms with E-state index in [9.17, 15) is 4.79 Å². The first-order chi connectivity index (χ1) is 7.24. The fraction of sp³-hybridized carbons (Fsp3) is 0.308. The zero-order valence-electron chi connectivity index (χ0n) is 8.52. The van der Waals surface area contributed by atoms with E-state index in [4.69, 9.17) is 5.11 Å². The van der Waals surface area contributed by atoms with Gasteiger partial charge in [0.05, 0.1) is 0 Å². The molecule has 1 aliphatic carbocycles. The third kappa shape index (κ3) is 2.69. The summed E-state index contributed by atoms with van der Waals surface area (Å²) in [6.07, 6.45) is 4.31. The third-order valence-corrected chi connectivity index (χ3v) is 2.80. The van der Waals surface area contributed by atoms with Crippen LogP contribution in [0.4, 0.5) is 0 Å². The average Bonchev–Trinajstić information content (AvgIpc) is 2.15. The summed E-state index contributed by atoms with van der Waals surface area (Å²) in [5, 5.41) is 8.55. The van der Waals surface area contributed by atoms with Gasteiger partial charge >= 0.3 is 5.97 Å². The monoisotopic (exact) mass is 202 g/mol. The minimum Gasteiger partial charge on any atom is -0.478 e. The van der Waals surface area contributed by atoms with Crippen molar-refractivity contribution < 1.29 is 9.90 Å². The first kappa shape index (κ1) is 9.97. The zero-order chi connectivity index (χ0) is 10.7. The second-order valence-electron chi connectivity index (χ2n) is 4.10. The lowest BCUT2D eigenvalue weighted by Gasteiger charge is -2.28. The van der Waals surface area contributed by atoms with Gasteiger partial charge in [-0.15, -0.1) is 0 Å². The van der Waals surface area contributed by atoms with Gasteiger partial charge in [0.1, 0.15) is 0 Å². The Labute approximate surface area is 89.2 Å². The van der Waals surface area contributed by atoms with Crippen molar-refractivity contribution in [1.29, 1.82) is 0 Å². The van der Waals surface area contributed by atoms with Crippen LogP contribution in [0.15, 0.2) is 42.0 Å². The highest BCUT2D eigenvalue weighted by atomic mass is 16.4.